The van der Waals surface area contributed by atoms with Gasteiger partial charge >= 0.3 is 5.97 Å². The van der Waals surface area contributed by atoms with Gasteiger partial charge in [-0.25, -0.2) is 0 Å². The third kappa shape index (κ3) is 3.39. The van der Waals surface area contributed by atoms with Crippen LogP contribution in [-0.2, 0) is 4.79 Å². The van der Waals surface area contributed by atoms with E-state index < -0.39 is 11.9 Å². The minimum Gasteiger partial charge on any atom is -0.495 e. The molecule has 120 valence electrons. The van der Waals surface area contributed by atoms with Gasteiger partial charge in [0.2, 0.25) is 0 Å². The number of ether oxygens (including phenoxy) is 1. The van der Waals surface area contributed by atoms with Crippen LogP contribution in [0.5, 0.6) is 5.75 Å². The summed E-state index contributed by atoms with van der Waals surface area (Å²) in [7, 11) is 1.52. The first-order valence-electron chi connectivity index (χ1n) is 7.38. The molecule has 1 aromatic rings. The molecular formula is C16H22N2O4. The Morgan fingerprint density at radius 1 is 1.45 bits per heavy atom. The number of ketones is 1. The molecule has 0 aromatic heterocycles. The fourth-order valence-electron chi connectivity index (χ4n) is 2.85. The van der Waals surface area contributed by atoms with Crippen LogP contribution < -0.4 is 10.5 Å². The lowest BCUT2D eigenvalue weighted by molar-refractivity contribution is -0.143. The van der Waals surface area contributed by atoms with E-state index in [1.165, 1.54) is 7.11 Å². The van der Waals surface area contributed by atoms with Gasteiger partial charge in [0.15, 0.2) is 5.78 Å². The fourth-order valence-corrected chi connectivity index (χ4v) is 2.85. The van der Waals surface area contributed by atoms with Gasteiger partial charge in [-0.2, -0.15) is 0 Å². The van der Waals surface area contributed by atoms with Gasteiger partial charge in [-0.15, -0.1) is 0 Å². The lowest BCUT2D eigenvalue weighted by atomic mass is 9.95. The number of likely N-dealkylation sites (tertiary alicyclic amines) is 1. The summed E-state index contributed by atoms with van der Waals surface area (Å²) in [5, 5.41) is 9.15. The minimum atomic E-state index is -0.793. The van der Waals surface area contributed by atoms with Gasteiger partial charge in [0.05, 0.1) is 24.8 Å². The largest absolute Gasteiger partial charge is 0.495 e. The zero-order valence-electron chi connectivity index (χ0n) is 12.9. The first-order valence-corrected chi connectivity index (χ1v) is 7.38. The number of hydrogen-bond donors (Lipinski definition) is 2. The van der Waals surface area contributed by atoms with Gasteiger partial charge in [-0.3, -0.25) is 14.5 Å². The molecule has 6 nitrogen and oxygen atoms in total. The normalized spacial score (nSPS) is 20.4. The van der Waals surface area contributed by atoms with Crippen LogP contribution in [-0.4, -0.2) is 48.0 Å². The summed E-state index contributed by atoms with van der Waals surface area (Å²) in [4.78, 5) is 25.7. The Labute approximate surface area is 129 Å². The average molecular weight is 306 g/mol. The molecule has 1 fully saturated rings. The maximum absolute atomic E-state index is 12.6. The van der Waals surface area contributed by atoms with Crippen molar-refractivity contribution in [3.8, 4) is 5.75 Å². The zero-order chi connectivity index (χ0) is 16.3. The Morgan fingerprint density at radius 3 is 2.77 bits per heavy atom. The molecule has 1 aliphatic heterocycles. The number of anilines is 1. The van der Waals surface area contributed by atoms with Gasteiger partial charge in [-0.05, 0) is 44.5 Å². The third-order valence-corrected chi connectivity index (χ3v) is 4.24. The van der Waals surface area contributed by atoms with Gasteiger partial charge in [-0.1, -0.05) is 0 Å². The van der Waals surface area contributed by atoms with E-state index >= 15 is 0 Å². The molecule has 6 heteroatoms. The SMILES string of the molecule is COc1ccc(C(=O)C(C)N2CCCC(C(=O)O)C2)cc1N. The molecule has 2 rings (SSSR count). The second-order valence-electron chi connectivity index (χ2n) is 5.67. The zero-order valence-corrected chi connectivity index (χ0v) is 12.9. The van der Waals surface area contributed by atoms with Crippen molar-refractivity contribution in [1.82, 2.24) is 4.90 Å². The van der Waals surface area contributed by atoms with E-state index in [1.807, 2.05) is 11.8 Å². The summed E-state index contributed by atoms with van der Waals surface area (Å²) in [5.41, 5.74) is 6.78. The number of methoxy groups -OCH3 is 1. The van der Waals surface area contributed by atoms with Crippen LogP contribution in [0.25, 0.3) is 0 Å². The summed E-state index contributed by atoms with van der Waals surface area (Å²) >= 11 is 0. The molecule has 22 heavy (non-hydrogen) atoms. The number of benzene rings is 1. The standard InChI is InChI=1S/C16H22N2O4/c1-10(18-7-3-4-12(9-18)16(20)21)15(19)11-5-6-14(22-2)13(17)8-11/h5-6,8,10,12H,3-4,7,9,17H2,1-2H3,(H,20,21). The lowest BCUT2D eigenvalue weighted by Gasteiger charge is -2.34. The summed E-state index contributed by atoms with van der Waals surface area (Å²) in [5.74, 6) is -0.712. The van der Waals surface area contributed by atoms with E-state index in [1.54, 1.807) is 18.2 Å². The highest BCUT2D eigenvalue weighted by molar-refractivity contribution is 6.00. The van der Waals surface area contributed by atoms with Crippen molar-refractivity contribution in [2.24, 2.45) is 5.92 Å². The molecule has 0 aliphatic carbocycles. The van der Waals surface area contributed by atoms with Gasteiger partial charge < -0.3 is 15.6 Å². The molecule has 1 saturated heterocycles. The minimum absolute atomic E-state index is 0.0552. The number of Topliss-reactive ketones (excluding diaryl/α,β-unsaturated/α-hetero) is 1. The molecule has 0 amide bonds. The van der Waals surface area contributed by atoms with Gasteiger partial charge in [0.1, 0.15) is 5.75 Å². The van der Waals surface area contributed by atoms with Crippen LogP contribution in [0.15, 0.2) is 18.2 Å². The first kappa shape index (κ1) is 16.3. The molecule has 0 radical (unpaired) electrons. The summed E-state index contributed by atoms with van der Waals surface area (Å²) in [6, 6.07) is 4.60. The Morgan fingerprint density at radius 2 is 2.18 bits per heavy atom. The molecule has 2 atom stereocenters. The lowest BCUT2D eigenvalue weighted by Crippen LogP contribution is -2.46. The number of nitrogen functional groups attached to an aromatic ring is 1. The summed E-state index contributed by atoms with van der Waals surface area (Å²) < 4.78 is 5.08. The van der Waals surface area contributed by atoms with Crippen molar-refractivity contribution in [2.45, 2.75) is 25.8 Å². The predicted octanol–water partition coefficient (Wildman–Crippen LogP) is 1.65. The Hall–Kier alpha value is -2.08. The highest BCUT2D eigenvalue weighted by Crippen LogP contribution is 2.25. The molecule has 1 aliphatic rings. The number of carboxylic acids is 1. The maximum Gasteiger partial charge on any atom is 0.307 e. The van der Waals surface area contributed by atoms with Gasteiger partial charge in [0.25, 0.3) is 0 Å². The Balaban J connectivity index is 2.11. The van der Waals surface area contributed by atoms with Crippen LogP contribution in [0.4, 0.5) is 5.69 Å². The number of nitrogens with zero attached hydrogens (tertiary/aromatic N) is 1. The molecule has 1 heterocycles. The van der Waals surface area contributed by atoms with Crippen molar-refractivity contribution < 1.29 is 19.4 Å². The van der Waals surface area contributed by atoms with Crippen LogP contribution >= 0.6 is 0 Å². The monoisotopic (exact) mass is 306 g/mol. The first-order chi connectivity index (χ1) is 10.4. The number of carbonyl (C=O) groups is 2. The topological polar surface area (TPSA) is 92.9 Å². The number of carbonyl (C=O) groups excluding carboxylic acids is 1. The maximum atomic E-state index is 12.6. The van der Waals surface area contributed by atoms with Crippen molar-refractivity contribution in [2.75, 3.05) is 25.9 Å². The van der Waals surface area contributed by atoms with Crippen LogP contribution in [0.2, 0.25) is 0 Å². The molecular weight excluding hydrogens is 284 g/mol. The highest BCUT2D eigenvalue weighted by Gasteiger charge is 2.31. The average Bonchev–Trinajstić information content (AvgIpc) is 2.53. The van der Waals surface area contributed by atoms with Crippen LogP contribution in [0, 0.1) is 5.92 Å². The van der Waals surface area contributed by atoms with E-state index in [2.05, 4.69) is 0 Å². The molecule has 2 unspecified atom stereocenters. The quantitative estimate of drug-likeness (QED) is 0.634. The summed E-state index contributed by atoms with van der Waals surface area (Å²) in [6.45, 7) is 2.96. The van der Waals surface area contributed by atoms with E-state index in [9.17, 15) is 9.59 Å². The molecule has 0 spiro atoms. The number of carboxylic acid groups (broad SMARTS) is 1. The van der Waals surface area contributed by atoms with Crippen molar-refractivity contribution in [3.63, 3.8) is 0 Å². The van der Waals surface area contributed by atoms with Crippen molar-refractivity contribution in [3.05, 3.63) is 23.8 Å². The predicted molar refractivity (Wildman–Crippen MR) is 83.1 cm³/mol. The molecule has 0 bridgehead atoms. The van der Waals surface area contributed by atoms with Crippen molar-refractivity contribution in [1.29, 1.82) is 0 Å². The van der Waals surface area contributed by atoms with Crippen LogP contribution in [0.3, 0.4) is 0 Å². The van der Waals surface area contributed by atoms with E-state index in [4.69, 9.17) is 15.6 Å². The van der Waals surface area contributed by atoms with Crippen molar-refractivity contribution >= 4 is 17.4 Å². The second-order valence-corrected chi connectivity index (χ2v) is 5.67. The summed E-state index contributed by atoms with van der Waals surface area (Å²) in [6.07, 6.45) is 1.46. The van der Waals surface area contributed by atoms with Crippen LogP contribution in [0.1, 0.15) is 30.1 Å². The number of nitrogens with two attached hydrogens (primary N) is 1. The molecule has 0 saturated carbocycles. The number of piperidine rings is 1. The smallest absolute Gasteiger partial charge is 0.307 e. The number of rotatable bonds is 5. The Kier molecular flexibility index (Phi) is 5.03. The third-order valence-electron chi connectivity index (χ3n) is 4.24. The number of hydrogen-bond acceptors (Lipinski definition) is 5. The molecule has 3 N–H and O–H groups in total. The van der Waals surface area contributed by atoms with E-state index in [0.717, 1.165) is 13.0 Å². The molecule has 1 aromatic carbocycles. The van der Waals surface area contributed by atoms with E-state index in [-0.39, 0.29) is 11.8 Å². The van der Waals surface area contributed by atoms with E-state index in [0.29, 0.717) is 30.0 Å². The fraction of sp³-hybridized carbons (Fsp3) is 0.500. The van der Waals surface area contributed by atoms with Gasteiger partial charge in [0, 0.05) is 12.1 Å². The highest BCUT2D eigenvalue weighted by atomic mass is 16.5. The Bertz CT molecular complexity index is 573. The number of aliphatic carboxylic acids is 1. The second kappa shape index (κ2) is 6.79.